The van der Waals surface area contributed by atoms with Gasteiger partial charge < -0.3 is 15.0 Å². The first-order chi connectivity index (χ1) is 8.15. The van der Waals surface area contributed by atoms with E-state index in [4.69, 9.17) is 4.74 Å². The molecule has 1 aromatic rings. The Balaban J connectivity index is 2.18. The minimum absolute atomic E-state index is 0.401. The predicted octanol–water partition coefficient (Wildman–Crippen LogP) is 2.34. The first kappa shape index (κ1) is 12.9. The van der Waals surface area contributed by atoms with E-state index in [-0.39, 0.29) is 0 Å². The van der Waals surface area contributed by atoms with Crippen LogP contribution in [-0.4, -0.2) is 37.3 Å². The number of anilines is 2. The van der Waals surface area contributed by atoms with Crippen LogP contribution in [0, 0.1) is 3.57 Å². The van der Waals surface area contributed by atoms with Gasteiger partial charge in [-0.3, -0.25) is 0 Å². The molecule has 1 saturated heterocycles. The van der Waals surface area contributed by atoms with E-state index in [0.717, 1.165) is 37.9 Å². The van der Waals surface area contributed by atoms with Gasteiger partial charge in [0.15, 0.2) is 0 Å². The molecule has 0 amide bonds. The van der Waals surface area contributed by atoms with E-state index in [0.29, 0.717) is 6.04 Å². The molecule has 0 saturated carbocycles. The van der Waals surface area contributed by atoms with E-state index in [2.05, 4.69) is 63.8 Å². The van der Waals surface area contributed by atoms with Crippen molar-refractivity contribution in [2.24, 2.45) is 0 Å². The average Bonchev–Trinajstić information content (AvgIpc) is 2.28. The SMILES string of the molecule is CC(C)Nc1cc(I)cc(N2CCOCC2)n1. The van der Waals surface area contributed by atoms with Gasteiger partial charge in [-0.2, -0.15) is 0 Å². The Morgan fingerprint density at radius 2 is 2.06 bits per heavy atom. The zero-order valence-corrected chi connectivity index (χ0v) is 12.4. The molecule has 0 aromatic carbocycles. The van der Waals surface area contributed by atoms with Gasteiger partial charge in [-0.25, -0.2) is 4.98 Å². The molecular weight excluding hydrogens is 329 g/mol. The quantitative estimate of drug-likeness (QED) is 0.852. The van der Waals surface area contributed by atoms with Crippen molar-refractivity contribution in [2.75, 3.05) is 36.5 Å². The molecule has 2 heterocycles. The molecule has 94 valence electrons. The molecule has 1 N–H and O–H groups in total. The number of nitrogens with zero attached hydrogens (tertiary/aromatic N) is 2. The Hall–Kier alpha value is -0.560. The number of hydrogen-bond donors (Lipinski definition) is 1. The van der Waals surface area contributed by atoms with Crippen LogP contribution in [0.2, 0.25) is 0 Å². The third kappa shape index (κ3) is 3.70. The summed E-state index contributed by atoms with van der Waals surface area (Å²) >= 11 is 2.34. The van der Waals surface area contributed by atoms with Gasteiger partial charge in [0.2, 0.25) is 0 Å². The Kier molecular flexibility index (Phi) is 4.44. The minimum Gasteiger partial charge on any atom is -0.378 e. The van der Waals surface area contributed by atoms with E-state index in [9.17, 15) is 0 Å². The second kappa shape index (κ2) is 5.86. The minimum atomic E-state index is 0.401. The van der Waals surface area contributed by atoms with Crippen molar-refractivity contribution in [3.63, 3.8) is 0 Å². The molecule has 17 heavy (non-hydrogen) atoms. The first-order valence-electron chi connectivity index (χ1n) is 5.92. The standard InChI is InChI=1S/C12H18IN3O/c1-9(2)14-11-7-10(13)8-12(15-11)16-3-5-17-6-4-16/h7-9H,3-6H2,1-2H3,(H,14,15). The van der Waals surface area contributed by atoms with Gasteiger partial charge in [0.05, 0.1) is 13.2 Å². The monoisotopic (exact) mass is 347 g/mol. The molecular formula is C12H18IN3O. The largest absolute Gasteiger partial charge is 0.378 e. The Morgan fingerprint density at radius 1 is 1.35 bits per heavy atom. The number of hydrogen-bond acceptors (Lipinski definition) is 4. The summed E-state index contributed by atoms with van der Waals surface area (Å²) in [6.07, 6.45) is 0. The molecule has 1 fully saturated rings. The normalized spacial score (nSPS) is 16.4. The summed E-state index contributed by atoms with van der Waals surface area (Å²) in [6, 6.07) is 4.60. The number of nitrogens with one attached hydrogen (secondary N) is 1. The third-order valence-electron chi connectivity index (χ3n) is 2.55. The number of aromatic nitrogens is 1. The lowest BCUT2D eigenvalue weighted by Gasteiger charge is -2.28. The lowest BCUT2D eigenvalue weighted by molar-refractivity contribution is 0.122. The number of pyridine rings is 1. The highest BCUT2D eigenvalue weighted by Gasteiger charge is 2.13. The summed E-state index contributed by atoms with van der Waals surface area (Å²) in [5, 5.41) is 3.35. The van der Waals surface area contributed by atoms with Crippen LogP contribution in [-0.2, 0) is 4.74 Å². The van der Waals surface area contributed by atoms with Gasteiger partial charge >= 0.3 is 0 Å². The number of rotatable bonds is 3. The molecule has 0 bridgehead atoms. The highest BCUT2D eigenvalue weighted by atomic mass is 127. The smallest absolute Gasteiger partial charge is 0.132 e. The van der Waals surface area contributed by atoms with Crippen molar-refractivity contribution in [3.05, 3.63) is 15.7 Å². The van der Waals surface area contributed by atoms with E-state index in [1.807, 2.05) is 0 Å². The highest BCUT2D eigenvalue weighted by Crippen LogP contribution is 2.20. The van der Waals surface area contributed by atoms with Crippen molar-refractivity contribution in [1.82, 2.24) is 4.98 Å². The van der Waals surface area contributed by atoms with E-state index >= 15 is 0 Å². The zero-order valence-electron chi connectivity index (χ0n) is 10.2. The maximum absolute atomic E-state index is 5.36. The lowest BCUT2D eigenvalue weighted by atomic mass is 10.3. The number of halogens is 1. The van der Waals surface area contributed by atoms with E-state index < -0.39 is 0 Å². The van der Waals surface area contributed by atoms with E-state index in [1.165, 1.54) is 3.57 Å². The van der Waals surface area contributed by atoms with Gasteiger partial charge in [0, 0.05) is 22.7 Å². The number of morpholine rings is 1. The highest BCUT2D eigenvalue weighted by molar-refractivity contribution is 14.1. The summed E-state index contributed by atoms with van der Waals surface area (Å²) in [6.45, 7) is 7.68. The summed E-state index contributed by atoms with van der Waals surface area (Å²) in [7, 11) is 0. The van der Waals surface area contributed by atoms with E-state index in [1.54, 1.807) is 0 Å². The van der Waals surface area contributed by atoms with Crippen LogP contribution < -0.4 is 10.2 Å². The van der Waals surface area contributed by atoms with Crippen molar-refractivity contribution in [1.29, 1.82) is 0 Å². The molecule has 5 heteroatoms. The van der Waals surface area contributed by atoms with Gasteiger partial charge in [-0.15, -0.1) is 0 Å². The maximum atomic E-state index is 5.36. The van der Waals surface area contributed by atoms with Crippen LogP contribution in [0.25, 0.3) is 0 Å². The van der Waals surface area contributed by atoms with Crippen molar-refractivity contribution < 1.29 is 4.74 Å². The topological polar surface area (TPSA) is 37.4 Å². The fraction of sp³-hybridized carbons (Fsp3) is 0.583. The molecule has 1 aromatic heterocycles. The van der Waals surface area contributed by atoms with Gasteiger partial charge in [0.25, 0.3) is 0 Å². The average molecular weight is 347 g/mol. The lowest BCUT2D eigenvalue weighted by Crippen LogP contribution is -2.36. The molecule has 0 spiro atoms. The first-order valence-corrected chi connectivity index (χ1v) is 7.00. The van der Waals surface area contributed by atoms with Crippen LogP contribution >= 0.6 is 22.6 Å². The van der Waals surface area contributed by atoms with Crippen molar-refractivity contribution >= 4 is 34.2 Å². The van der Waals surface area contributed by atoms with Crippen LogP contribution in [0.4, 0.5) is 11.6 Å². The molecule has 0 unspecified atom stereocenters. The molecule has 4 nitrogen and oxygen atoms in total. The van der Waals surface area contributed by atoms with Crippen LogP contribution in [0.3, 0.4) is 0 Å². The Bertz CT molecular complexity index is 378. The third-order valence-corrected chi connectivity index (χ3v) is 3.17. The zero-order chi connectivity index (χ0) is 12.3. The number of ether oxygens (including phenoxy) is 1. The van der Waals surface area contributed by atoms with Crippen LogP contribution in [0.5, 0.6) is 0 Å². The second-order valence-corrected chi connectivity index (χ2v) is 5.67. The van der Waals surface area contributed by atoms with Gasteiger partial charge in [0.1, 0.15) is 11.6 Å². The summed E-state index contributed by atoms with van der Waals surface area (Å²) < 4.78 is 6.57. The Labute approximate surface area is 116 Å². The molecule has 1 aliphatic heterocycles. The molecule has 0 radical (unpaired) electrons. The fourth-order valence-corrected chi connectivity index (χ4v) is 2.38. The summed E-state index contributed by atoms with van der Waals surface area (Å²) in [5.41, 5.74) is 0. The second-order valence-electron chi connectivity index (χ2n) is 4.43. The summed E-state index contributed by atoms with van der Waals surface area (Å²) in [5.74, 6) is 2.00. The fourth-order valence-electron chi connectivity index (χ4n) is 1.81. The van der Waals surface area contributed by atoms with Crippen molar-refractivity contribution in [3.8, 4) is 0 Å². The van der Waals surface area contributed by atoms with Gasteiger partial charge in [-0.1, -0.05) is 0 Å². The van der Waals surface area contributed by atoms with Crippen molar-refractivity contribution in [2.45, 2.75) is 19.9 Å². The predicted molar refractivity (Wildman–Crippen MR) is 78.7 cm³/mol. The van der Waals surface area contributed by atoms with Crippen LogP contribution in [0.15, 0.2) is 12.1 Å². The van der Waals surface area contributed by atoms with Gasteiger partial charge in [-0.05, 0) is 48.6 Å². The van der Waals surface area contributed by atoms with Crippen LogP contribution in [0.1, 0.15) is 13.8 Å². The summed E-state index contributed by atoms with van der Waals surface area (Å²) in [4.78, 5) is 6.93. The molecule has 1 aliphatic rings. The Morgan fingerprint density at radius 3 is 2.71 bits per heavy atom. The molecule has 0 atom stereocenters. The molecule has 2 rings (SSSR count). The molecule has 0 aliphatic carbocycles. The maximum Gasteiger partial charge on any atom is 0.132 e.